The van der Waals surface area contributed by atoms with E-state index in [1.54, 1.807) is 19.2 Å². The van der Waals surface area contributed by atoms with Gasteiger partial charge in [-0.15, -0.1) is 0 Å². The maximum absolute atomic E-state index is 13.8. The van der Waals surface area contributed by atoms with Crippen LogP contribution in [0.3, 0.4) is 0 Å². The molecule has 0 saturated carbocycles. The summed E-state index contributed by atoms with van der Waals surface area (Å²) in [5.41, 5.74) is 3.90. The Kier molecular flexibility index (Phi) is 3.66. The normalized spacial score (nSPS) is 15.0. The Labute approximate surface area is 107 Å². The second kappa shape index (κ2) is 5.21. The number of benzene rings is 1. The molecule has 0 amide bonds. The highest BCUT2D eigenvalue weighted by atomic mass is 19.1. The molecule has 18 heavy (non-hydrogen) atoms. The second-order valence-electron chi connectivity index (χ2n) is 4.60. The van der Waals surface area contributed by atoms with Gasteiger partial charge in [0.25, 0.3) is 0 Å². The smallest absolute Gasteiger partial charge is 0.131 e. The molecule has 1 aromatic rings. The van der Waals surface area contributed by atoms with Crippen LogP contribution >= 0.6 is 0 Å². The number of allylic oxidation sites excluding steroid dienone is 5. The van der Waals surface area contributed by atoms with Crippen LogP contribution in [-0.2, 0) is 4.74 Å². The predicted octanol–water partition coefficient (Wildman–Crippen LogP) is 4.48. The maximum Gasteiger partial charge on any atom is 0.131 e. The van der Waals surface area contributed by atoms with Gasteiger partial charge >= 0.3 is 0 Å². The minimum absolute atomic E-state index is 0.203. The van der Waals surface area contributed by atoms with E-state index in [4.69, 9.17) is 4.74 Å². The topological polar surface area (TPSA) is 9.23 Å². The Morgan fingerprint density at radius 1 is 1.17 bits per heavy atom. The third kappa shape index (κ3) is 2.53. The van der Waals surface area contributed by atoms with E-state index in [-0.39, 0.29) is 5.82 Å². The fraction of sp³-hybridized carbons (Fsp3) is 0.250. The van der Waals surface area contributed by atoms with Crippen molar-refractivity contribution in [2.45, 2.75) is 20.3 Å². The lowest BCUT2D eigenvalue weighted by Gasteiger charge is -2.17. The molecule has 0 aliphatic heterocycles. The monoisotopic (exact) mass is 244 g/mol. The Balaban J connectivity index is 2.52. The zero-order valence-electron chi connectivity index (χ0n) is 11.0. The molecule has 0 spiro atoms. The largest absolute Gasteiger partial charge is 0.501 e. The summed E-state index contributed by atoms with van der Waals surface area (Å²) in [6, 6.07) is 6.81. The van der Waals surface area contributed by atoms with Crippen LogP contribution in [0.25, 0.3) is 5.57 Å². The van der Waals surface area contributed by atoms with Gasteiger partial charge in [0.1, 0.15) is 11.6 Å². The van der Waals surface area contributed by atoms with Crippen LogP contribution in [0.15, 0.2) is 53.3 Å². The molecule has 2 heteroatoms. The van der Waals surface area contributed by atoms with Crippen molar-refractivity contribution in [1.82, 2.24) is 0 Å². The molecule has 94 valence electrons. The zero-order valence-corrected chi connectivity index (χ0v) is 11.0. The summed E-state index contributed by atoms with van der Waals surface area (Å²) in [5.74, 6) is 0.664. The summed E-state index contributed by atoms with van der Waals surface area (Å²) < 4.78 is 19.1. The zero-order chi connectivity index (χ0) is 13.1. The molecule has 0 radical (unpaired) electrons. The number of hydrogen-bond donors (Lipinski definition) is 0. The lowest BCUT2D eigenvalue weighted by molar-refractivity contribution is 0.283. The van der Waals surface area contributed by atoms with Crippen molar-refractivity contribution in [2.24, 2.45) is 0 Å². The minimum Gasteiger partial charge on any atom is -0.501 e. The quantitative estimate of drug-likeness (QED) is 0.745. The lowest BCUT2D eigenvalue weighted by Crippen LogP contribution is -2.00. The Bertz CT molecular complexity index is 546. The molecule has 2 rings (SSSR count). The Morgan fingerprint density at radius 2 is 1.89 bits per heavy atom. The highest BCUT2D eigenvalue weighted by molar-refractivity contribution is 5.78. The molecule has 0 unspecified atom stereocenters. The van der Waals surface area contributed by atoms with E-state index >= 15 is 0 Å². The van der Waals surface area contributed by atoms with Crippen LogP contribution in [0, 0.1) is 5.82 Å². The van der Waals surface area contributed by atoms with Crippen molar-refractivity contribution < 1.29 is 9.13 Å². The van der Waals surface area contributed by atoms with Gasteiger partial charge in [-0.3, -0.25) is 0 Å². The number of halogens is 1. The molecule has 0 fully saturated rings. The van der Waals surface area contributed by atoms with Gasteiger partial charge in [-0.25, -0.2) is 4.39 Å². The molecule has 1 nitrogen and oxygen atoms in total. The molecule has 0 N–H and O–H groups in total. The summed E-state index contributed by atoms with van der Waals surface area (Å²) in [6.07, 6.45) is 4.72. The molecular weight excluding hydrogens is 227 g/mol. The van der Waals surface area contributed by atoms with E-state index in [1.807, 2.05) is 18.2 Å². The fourth-order valence-electron chi connectivity index (χ4n) is 2.00. The van der Waals surface area contributed by atoms with Gasteiger partial charge in [-0.05, 0) is 37.1 Å². The summed E-state index contributed by atoms with van der Waals surface area (Å²) in [7, 11) is 1.65. The van der Waals surface area contributed by atoms with Crippen LogP contribution in [0.4, 0.5) is 4.39 Å². The Morgan fingerprint density at radius 3 is 2.50 bits per heavy atom. The van der Waals surface area contributed by atoms with Gasteiger partial charge < -0.3 is 4.74 Å². The van der Waals surface area contributed by atoms with E-state index in [2.05, 4.69) is 13.8 Å². The molecule has 0 saturated heterocycles. The minimum atomic E-state index is -0.203. The van der Waals surface area contributed by atoms with E-state index in [0.717, 1.165) is 17.8 Å². The summed E-state index contributed by atoms with van der Waals surface area (Å²) in [4.78, 5) is 0. The number of rotatable bonds is 2. The average molecular weight is 244 g/mol. The van der Waals surface area contributed by atoms with Gasteiger partial charge in [-0.2, -0.15) is 0 Å². The highest BCUT2D eigenvalue weighted by Gasteiger charge is 2.14. The van der Waals surface area contributed by atoms with E-state index in [9.17, 15) is 4.39 Å². The SMILES string of the molecule is COC1=CC(c2ccccc2F)=CC(=C(C)C)C1. The van der Waals surface area contributed by atoms with Crippen molar-refractivity contribution in [1.29, 1.82) is 0 Å². The summed E-state index contributed by atoms with van der Waals surface area (Å²) >= 11 is 0. The molecule has 0 atom stereocenters. The first-order valence-corrected chi connectivity index (χ1v) is 5.99. The molecule has 0 aromatic heterocycles. The first kappa shape index (κ1) is 12.6. The summed E-state index contributed by atoms with van der Waals surface area (Å²) in [5, 5.41) is 0. The molecule has 1 aliphatic rings. The molecule has 1 aliphatic carbocycles. The molecule has 1 aromatic carbocycles. The average Bonchev–Trinajstić information content (AvgIpc) is 2.38. The van der Waals surface area contributed by atoms with Gasteiger partial charge in [0.15, 0.2) is 0 Å². The number of ether oxygens (including phenoxy) is 1. The van der Waals surface area contributed by atoms with Crippen LogP contribution in [0.5, 0.6) is 0 Å². The molecule has 0 bridgehead atoms. The van der Waals surface area contributed by atoms with E-state index in [0.29, 0.717) is 5.56 Å². The second-order valence-corrected chi connectivity index (χ2v) is 4.60. The van der Waals surface area contributed by atoms with Crippen molar-refractivity contribution in [3.8, 4) is 0 Å². The van der Waals surface area contributed by atoms with Crippen molar-refractivity contribution in [3.63, 3.8) is 0 Å². The van der Waals surface area contributed by atoms with Crippen LogP contribution in [-0.4, -0.2) is 7.11 Å². The third-order valence-corrected chi connectivity index (χ3v) is 3.10. The first-order valence-electron chi connectivity index (χ1n) is 5.99. The van der Waals surface area contributed by atoms with Gasteiger partial charge in [-0.1, -0.05) is 29.8 Å². The molecule has 0 heterocycles. The maximum atomic E-state index is 13.8. The fourth-order valence-corrected chi connectivity index (χ4v) is 2.00. The highest BCUT2D eigenvalue weighted by Crippen LogP contribution is 2.31. The van der Waals surface area contributed by atoms with Crippen LogP contribution < -0.4 is 0 Å². The third-order valence-electron chi connectivity index (χ3n) is 3.10. The molecular formula is C16H17FO. The van der Waals surface area contributed by atoms with Crippen molar-refractivity contribution >= 4 is 5.57 Å². The number of hydrogen-bond acceptors (Lipinski definition) is 1. The summed E-state index contributed by atoms with van der Waals surface area (Å²) in [6.45, 7) is 4.12. The van der Waals surface area contributed by atoms with Crippen molar-refractivity contribution in [2.75, 3.05) is 7.11 Å². The van der Waals surface area contributed by atoms with E-state index < -0.39 is 0 Å². The van der Waals surface area contributed by atoms with Gasteiger partial charge in [0.2, 0.25) is 0 Å². The van der Waals surface area contributed by atoms with Gasteiger partial charge in [0, 0.05) is 12.0 Å². The predicted molar refractivity (Wildman–Crippen MR) is 72.5 cm³/mol. The number of methoxy groups -OCH3 is 1. The Hall–Kier alpha value is -1.83. The van der Waals surface area contributed by atoms with Crippen LogP contribution in [0.2, 0.25) is 0 Å². The standard InChI is InChI=1S/C16H17FO/c1-11(2)12-8-13(10-14(9-12)18-3)15-6-4-5-7-16(15)17/h4-8,10H,9H2,1-3H3. The van der Waals surface area contributed by atoms with Crippen molar-refractivity contribution in [3.05, 3.63) is 64.7 Å². The van der Waals surface area contributed by atoms with Gasteiger partial charge in [0.05, 0.1) is 7.11 Å². The lowest BCUT2D eigenvalue weighted by atomic mass is 9.93. The van der Waals surface area contributed by atoms with Crippen LogP contribution in [0.1, 0.15) is 25.8 Å². The van der Waals surface area contributed by atoms with E-state index in [1.165, 1.54) is 17.2 Å². The first-order chi connectivity index (χ1) is 8.61.